The van der Waals surface area contributed by atoms with Gasteiger partial charge < -0.3 is 9.22 Å². The van der Waals surface area contributed by atoms with E-state index in [4.69, 9.17) is 4.74 Å². The van der Waals surface area contributed by atoms with Gasteiger partial charge in [0.15, 0.2) is 69.8 Å². The predicted octanol–water partition coefficient (Wildman–Crippen LogP) is 5.22. The lowest BCUT2D eigenvalue weighted by atomic mass is 9.13. The molecule has 1 aliphatic heterocycles. The molecule has 0 aromatic heterocycles. The smallest absolute Gasteiger partial charge is 0.194 e. The van der Waals surface area contributed by atoms with Gasteiger partial charge in [-0.05, 0) is 6.92 Å². The summed E-state index contributed by atoms with van der Waals surface area (Å²) in [6.07, 6.45) is -4.01. The van der Waals surface area contributed by atoms with Crippen molar-refractivity contribution in [2.24, 2.45) is 0 Å². The molecule has 0 unspecified atom stereocenters. The Morgan fingerprint density at radius 2 is 0.696 bits per heavy atom. The molecule has 0 bridgehead atoms. The highest BCUT2D eigenvalue weighted by molar-refractivity contribution is 7.19. The van der Waals surface area contributed by atoms with E-state index in [1.165, 1.54) is 24.1 Å². The van der Waals surface area contributed by atoms with E-state index < -0.39 is 97.8 Å². The monoisotopic (exact) mass is 665 g/mol. The summed E-state index contributed by atoms with van der Waals surface area (Å²) in [7, 11) is 2.29. The molecule has 4 aromatic rings. The lowest BCUT2D eigenvalue weighted by molar-refractivity contribution is -0.915. The number of benzene rings is 4. The second-order valence-corrected chi connectivity index (χ2v) is 11.1. The van der Waals surface area contributed by atoms with Crippen LogP contribution in [-0.4, -0.2) is 50.5 Å². The summed E-state index contributed by atoms with van der Waals surface area (Å²) in [6, 6.07) is 1.41. The molecule has 0 saturated carbocycles. The van der Waals surface area contributed by atoms with Crippen LogP contribution in [0.5, 0.6) is 0 Å². The number of rotatable bonds is 5. The second kappa shape index (κ2) is 13.4. The zero-order valence-electron chi connectivity index (χ0n) is 24.1. The van der Waals surface area contributed by atoms with Gasteiger partial charge in [0, 0.05) is 0 Å². The zero-order chi connectivity index (χ0) is 34.1. The van der Waals surface area contributed by atoms with Crippen LogP contribution in [0.2, 0.25) is 0 Å². The lowest BCUT2D eigenvalue weighted by Gasteiger charge is -2.44. The van der Waals surface area contributed by atoms with Crippen LogP contribution in [0.3, 0.4) is 0 Å². The number of quaternary nitrogens is 1. The SMILES string of the molecule is CC[N+]1(C)CCOCC1.Fc1cc([B-](c2cc(F)c(F)c(F)c2)(c2cc(F)c(F)c(F)c2)c2cc(F)c(F)c(F)c2)cc(F)c1F. The Hall–Kier alpha value is -3.98. The number of halogens is 12. The lowest BCUT2D eigenvalue weighted by Crippen LogP contribution is -2.75. The van der Waals surface area contributed by atoms with Crippen LogP contribution in [-0.2, 0) is 4.74 Å². The molecule has 246 valence electrons. The first kappa shape index (κ1) is 34.9. The molecule has 15 heteroatoms. The van der Waals surface area contributed by atoms with Gasteiger partial charge in [-0.1, -0.05) is 48.5 Å². The van der Waals surface area contributed by atoms with Crippen molar-refractivity contribution < 1.29 is 61.9 Å². The summed E-state index contributed by atoms with van der Waals surface area (Å²) < 4.78 is 176. The highest BCUT2D eigenvalue weighted by Crippen LogP contribution is 2.21. The summed E-state index contributed by atoms with van der Waals surface area (Å²) in [5.41, 5.74) is -3.79. The average molecular weight is 665 g/mol. The number of morpholine rings is 1. The van der Waals surface area contributed by atoms with Crippen LogP contribution >= 0.6 is 0 Å². The van der Waals surface area contributed by atoms with E-state index >= 15 is 0 Å². The minimum absolute atomic E-state index is 0.177. The minimum Gasteiger partial charge on any atom is -0.370 e. The summed E-state index contributed by atoms with van der Waals surface area (Å²) in [4.78, 5) is 0. The van der Waals surface area contributed by atoms with Gasteiger partial charge in [-0.3, -0.25) is 0 Å². The molecule has 4 aromatic carbocycles. The first-order chi connectivity index (χ1) is 21.5. The number of ether oxygens (including phenoxy) is 1. The minimum atomic E-state index is -4.01. The maximum Gasteiger partial charge on any atom is 0.194 e. The Bertz CT molecular complexity index is 1450. The predicted molar refractivity (Wildman–Crippen MR) is 147 cm³/mol. The van der Waals surface area contributed by atoms with Crippen molar-refractivity contribution in [3.8, 4) is 0 Å². The quantitative estimate of drug-likeness (QED) is 0.123. The molecule has 5 rings (SSSR count). The van der Waals surface area contributed by atoms with E-state index in [0.717, 1.165) is 13.2 Å². The Balaban J connectivity index is 0.000000459. The van der Waals surface area contributed by atoms with Gasteiger partial charge >= 0.3 is 0 Å². The topological polar surface area (TPSA) is 9.23 Å². The van der Waals surface area contributed by atoms with Crippen LogP contribution in [0, 0.1) is 69.8 Å². The molecule has 0 N–H and O–H groups in total. The summed E-state index contributed by atoms with van der Waals surface area (Å²) >= 11 is 0. The van der Waals surface area contributed by atoms with Crippen molar-refractivity contribution in [3.63, 3.8) is 0 Å². The van der Waals surface area contributed by atoms with Gasteiger partial charge in [-0.2, -0.15) is 21.9 Å². The van der Waals surface area contributed by atoms with Gasteiger partial charge in [0.25, 0.3) is 0 Å². The number of nitrogens with zero attached hydrogens (tertiary/aromatic N) is 1. The third-order valence-electron chi connectivity index (χ3n) is 8.34. The second-order valence-electron chi connectivity index (χ2n) is 11.1. The maximum atomic E-state index is 14.4. The molecule has 1 fully saturated rings. The molecule has 0 atom stereocenters. The van der Waals surface area contributed by atoms with Crippen molar-refractivity contribution in [2.75, 3.05) is 39.9 Å². The third kappa shape index (κ3) is 6.48. The van der Waals surface area contributed by atoms with Crippen molar-refractivity contribution in [2.45, 2.75) is 6.92 Å². The normalized spacial score (nSPS) is 14.6. The molecular weight excluding hydrogens is 641 g/mol. The molecule has 1 heterocycles. The molecule has 1 saturated heterocycles. The van der Waals surface area contributed by atoms with E-state index in [1.807, 2.05) is 0 Å². The number of hydrogen-bond donors (Lipinski definition) is 0. The fourth-order valence-electron chi connectivity index (χ4n) is 5.56. The van der Waals surface area contributed by atoms with E-state index in [2.05, 4.69) is 14.0 Å². The fourth-order valence-corrected chi connectivity index (χ4v) is 5.56. The van der Waals surface area contributed by atoms with Crippen molar-refractivity contribution in [1.82, 2.24) is 0 Å². The molecule has 0 spiro atoms. The molecular formula is C31H24BF12NO. The van der Waals surface area contributed by atoms with Gasteiger partial charge in [-0.15, -0.1) is 0 Å². The van der Waals surface area contributed by atoms with Crippen molar-refractivity contribution in [1.29, 1.82) is 0 Å². The van der Waals surface area contributed by atoms with E-state index in [-0.39, 0.29) is 48.5 Å². The van der Waals surface area contributed by atoms with Crippen molar-refractivity contribution >= 4 is 28.0 Å². The van der Waals surface area contributed by atoms with E-state index in [1.54, 1.807) is 0 Å². The molecule has 0 radical (unpaired) electrons. The molecule has 1 aliphatic rings. The van der Waals surface area contributed by atoms with Gasteiger partial charge in [0.05, 0.1) is 26.8 Å². The molecule has 2 nitrogen and oxygen atoms in total. The first-order valence-electron chi connectivity index (χ1n) is 13.7. The van der Waals surface area contributed by atoms with Gasteiger partial charge in [-0.25, -0.2) is 52.7 Å². The molecule has 0 amide bonds. The average Bonchev–Trinajstić information content (AvgIpc) is 3.01. The van der Waals surface area contributed by atoms with Crippen molar-refractivity contribution in [3.05, 3.63) is 118 Å². The van der Waals surface area contributed by atoms with Gasteiger partial charge in [0.1, 0.15) is 19.2 Å². The Morgan fingerprint density at radius 3 is 0.870 bits per heavy atom. The number of likely N-dealkylation sites (N-methyl/N-ethyl adjacent to an activating group) is 1. The molecule has 46 heavy (non-hydrogen) atoms. The third-order valence-corrected chi connectivity index (χ3v) is 8.34. The maximum absolute atomic E-state index is 14.4. The van der Waals surface area contributed by atoms with Crippen LogP contribution in [0.25, 0.3) is 0 Å². The summed E-state index contributed by atoms with van der Waals surface area (Å²) in [5, 5.41) is 0. The molecule has 0 aliphatic carbocycles. The fraction of sp³-hybridized carbons (Fsp3) is 0.226. The van der Waals surface area contributed by atoms with E-state index in [0.29, 0.717) is 0 Å². The Morgan fingerprint density at radius 1 is 0.478 bits per heavy atom. The largest absolute Gasteiger partial charge is 0.370 e. The van der Waals surface area contributed by atoms with Crippen LogP contribution < -0.4 is 21.9 Å². The number of hydrogen-bond acceptors (Lipinski definition) is 1. The van der Waals surface area contributed by atoms with Crippen LogP contribution in [0.15, 0.2) is 48.5 Å². The van der Waals surface area contributed by atoms with Gasteiger partial charge in [0.2, 0.25) is 0 Å². The van der Waals surface area contributed by atoms with E-state index in [9.17, 15) is 52.7 Å². The zero-order valence-corrected chi connectivity index (χ0v) is 24.1. The highest BCUT2D eigenvalue weighted by Gasteiger charge is 2.37. The standard InChI is InChI=1S/C24H8BF12.C7H16NO/c26-13-1-9(2-14(27)21(13)34)25(10-3-15(28)22(35)16(29)4-10,11-5-17(30)23(36)18(31)6-11)12-7-19(32)24(37)20(33)8-12;1-3-8(2)4-6-9-7-5-8/h1-8H;3-7H2,1-2H3/q-1;+1. The first-order valence-corrected chi connectivity index (χ1v) is 13.7. The van der Waals surface area contributed by atoms with Crippen LogP contribution in [0.1, 0.15) is 6.92 Å². The Kier molecular flexibility index (Phi) is 10.2. The van der Waals surface area contributed by atoms with Crippen LogP contribution in [0.4, 0.5) is 52.7 Å². The highest BCUT2D eigenvalue weighted by atomic mass is 19.2. The summed E-state index contributed by atoms with van der Waals surface area (Å²) in [5.74, 6) is -24.0. The Labute approximate surface area is 255 Å². The summed E-state index contributed by atoms with van der Waals surface area (Å²) in [6.45, 7) is 7.76.